The van der Waals surface area contributed by atoms with E-state index in [1.54, 1.807) is 6.07 Å². The van der Waals surface area contributed by atoms with E-state index in [1.807, 2.05) is 0 Å². The van der Waals surface area contributed by atoms with Gasteiger partial charge >= 0.3 is 0 Å². The summed E-state index contributed by atoms with van der Waals surface area (Å²) >= 11 is 2.70. The first-order chi connectivity index (χ1) is 7.04. The zero-order valence-electron chi connectivity index (χ0n) is 7.35. The molecule has 15 heavy (non-hydrogen) atoms. The fraction of sp³-hybridized carbons (Fsp3) is 0.111. The maximum atomic E-state index is 13.0. The zero-order chi connectivity index (χ0) is 11.4. The molecule has 0 aliphatic carbocycles. The van der Waals surface area contributed by atoms with Crippen molar-refractivity contribution in [3.63, 3.8) is 0 Å². The van der Waals surface area contributed by atoms with Crippen molar-refractivity contribution in [3.05, 3.63) is 28.2 Å². The van der Waals surface area contributed by atoms with Crippen LogP contribution in [0.1, 0.15) is 6.42 Å². The summed E-state index contributed by atoms with van der Waals surface area (Å²) in [4.78, 5) is 10.9. The van der Waals surface area contributed by atoms with E-state index in [4.69, 9.17) is 5.26 Å². The van der Waals surface area contributed by atoms with Crippen molar-refractivity contribution in [3.8, 4) is 6.07 Å². The minimum Gasteiger partial charge on any atom is -0.325 e. The van der Waals surface area contributed by atoms with E-state index >= 15 is 0 Å². The highest BCUT2D eigenvalue weighted by atomic mass is 79.9. The molecule has 0 fully saturated rings. The van der Waals surface area contributed by atoms with Gasteiger partial charge in [-0.25, -0.2) is 8.78 Å². The second kappa shape index (κ2) is 4.84. The first kappa shape index (κ1) is 11.6. The number of hydrogen-bond donors (Lipinski definition) is 1. The number of halogens is 3. The Morgan fingerprint density at radius 2 is 2.00 bits per heavy atom. The predicted molar refractivity (Wildman–Crippen MR) is 52.9 cm³/mol. The summed E-state index contributed by atoms with van der Waals surface area (Å²) in [6, 6.07) is 3.54. The molecular weight excluding hydrogens is 270 g/mol. The third kappa shape index (κ3) is 2.99. The summed E-state index contributed by atoms with van der Waals surface area (Å²) in [5.41, 5.74) is -0.0200. The predicted octanol–water partition coefficient (Wildman–Crippen LogP) is 2.58. The van der Waals surface area contributed by atoms with Gasteiger partial charge in [0.05, 0.1) is 10.5 Å². The van der Waals surface area contributed by atoms with Gasteiger partial charge in [-0.15, -0.1) is 0 Å². The summed E-state index contributed by atoms with van der Waals surface area (Å²) in [5.74, 6) is -2.25. The lowest BCUT2D eigenvalue weighted by Gasteiger charge is -2.04. The quantitative estimate of drug-likeness (QED) is 0.843. The topological polar surface area (TPSA) is 52.9 Å². The Morgan fingerprint density at radius 1 is 1.47 bits per heavy atom. The van der Waals surface area contributed by atoms with Gasteiger partial charge in [0.1, 0.15) is 18.1 Å². The summed E-state index contributed by atoms with van der Waals surface area (Å²) in [6.45, 7) is 0. The number of carbonyl (C=O) groups excluding carboxylic acids is 1. The summed E-state index contributed by atoms with van der Waals surface area (Å²) in [5, 5.41) is 10.4. The van der Waals surface area contributed by atoms with Crippen LogP contribution in [-0.4, -0.2) is 5.91 Å². The van der Waals surface area contributed by atoms with E-state index < -0.39 is 17.5 Å². The minimum absolute atomic E-state index is 0.0200. The van der Waals surface area contributed by atoms with Crippen LogP contribution in [-0.2, 0) is 4.79 Å². The highest BCUT2D eigenvalue weighted by Crippen LogP contribution is 2.23. The Kier molecular flexibility index (Phi) is 3.74. The molecule has 0 spiro atoms. The number of nitrogens with one attached hydrogen (secondary N) is 1. The van der Waals surface area contributed by atoms with E-state index in [9.17, 15) is 13.6 Å². The largest absolute Gasteiger partial charge is 0.325 e. The van der Waals surface area contributed by atoms with Gasteiger partial charge in [-0.05, 0) is 28.1 Å². The number of carbonyl (C=O) groups is 1. The Balaban J connectivity index is 2.89. The van der Waals surface area contributed by atoms with E-state index in [-0.39, 0.29) is 16.6 Å². The highest BCUT2D eigenvalue weighted by Gasteiger charge is 2.09. The highest BCUT2D eigenvalue weighted by molar-refractivity contribution is 9.10. The number of nitrogens with zero attached hydrogens (tertiary/aromatic N) is 1. The number of benzene rings is 1. The molecule has 0 aliphatic rings. The fourth-order valence-electron chi connectivity index (χ4n) is 0.905. The number of amides is 1. The standard InChI is InChI=1S/C9H5BrF2N2O/c10-9-6(11)3-5(4-7(9)12)14-8(15)1-2-13/h3-4H,1H2,(H,14,15). The van der Waals surface area contributed by atoms with Crippen molar-refractivity contribution in [2.75, 3.05) is 5.32 Å². The molecule has 1 aromatic rings. The molecule has 1 aromatic carbocycles. The fourth-order valence-corrected chi connectivity index (χ4v) is 1.13. The molecule has 0 radical (unpaired) electrons. The molecule has 0 unspecified atom stereocenters. The van der Waals surface area contributed by atoms with Gasteiger partial charge in [-0.1, -0.05) is 0 Å². The molecule has 0 aromatic heterocycles. The van der Waals surface area contributed by atoms with Gasteiger partial charge < -0.3 is 5.32 Å². The lowest BCUT2D eigenvalue weighted by Crippen LogP contribution is -2.10. The Morgan fingerprint density at radius 3 is 2.47 bits per heavy atom. The first-order valence-corrected chi connectivity index (χ1v) is 4.65. The van der Waals surface area contributed by atoms with Crippen molar-refractivity contribution in [2.45, 2.75) is 6.42 Å². The Labute approximate surface area is 92.8 Å². The Hall–Kier alpha value is -1.48. The van der Waals surface area contributed by atoms with Crippen LogP contribution in [0.15, 0.2) is 16.6 Å². The number of rotatable bonds is 2. The smallest absolute Gasteiger partial charge is 0.238 e. The summed E-state index contributed by atoms with van der Waals surface area (Å²) in [7, 11) is 0. The van der Waals surface area contributed by atoms with E-state index in [1.165, 1.54) is 0 Å². The molecule has 0 heterocycles. The second-order valence-electron chi connectivity index (χ2n) is 2.64. The molecule has 1 N–H and O–H groups in total. The SMILES string of the molecule is N#CCC(=O)Nc1cc(F)c(Br)c(F)c1. The minimum atomic E-state index is -0.817. The van der Waals surface area contributed by atoms with Crippen LogP contribution in [0.2, 0.25) is 0 Å². The number of nitriles is 1. The molecule has 1 rings (SSSR count). The van der Waals surface area contributed by atoms with E-state index in [2.05, 4.69) is 21.2 Å². The molecule has 78 valence electrons. The normalized spacial score (nSPS) is 9.47. The van der Waals surface area contributed by atoms with Crippen LogP contribution in [0.5, 0.6) is 0 Å². The van der Waals surface area contributed by atoms with Gasteiger partial charge in [0.2, 0.25) is 5.91 Å². The zero-order valence-corrected chi connectivity index (χ0v) is 8.94. The van der Waals surface area contributed by atoms with Crippen LogP contribution in [0.25, 0.3) is 0 Å². The molecule has 0 saturated carbocycles. The average Bonchev–Trinajstić information content (AvgIpc) is 2.14. The van der Waals surface area contributed by atoms with Gasteiger partial charge in [-0.3, -0.25) is 4.79 Å². The third-order valence-corrected chi connectivity index (χ3v) is 2.26. The maximum absolute atomic E-state index is 13.0. The van der Waals surface area contributed by atoms with Crippen molar-refractivity contribution in [1.82, 2.24) is 0 Å². The van der Waals surface area contributed by atoms with Crippen LogP contribution in [0.3, 0.4) is 0 Å². The molecule has 0 atom stereocenters. The third-order valence-electron chi connectivity index (χ3n) is 1.51. The lowest BCUT2D eigenvalue weighted by molar-refractivity contribution is -0.115. The lowest BCUT2D eigenvalue weighted by atomic mass is 10.3. The second-order valence-corrected chi connectivity index (χ2v) is 3.43. The van der Waals surface area contributed by atoms with Crippen LogP contribution < -0.4 is 5.32 Å². The first-order valence-electron chi connectivity index (χ1n) is 3.86. The Bertz CT molecular complexity index is 419. The van der Waals surface area contributed by atoms with Crippen molar-refractivity contribution < 1.29 is 13.6 Å². The molecule has 3 nitrogen and oxygen atoms in total. The van der Waals surface area contributed by atoms with Gasteiger partial charge in [0.15, 0.2) is 0 Å². The molecular formula is C9H5BrF2N2O. The van der Waals surface area contributed by atoms with Crippen LogP contribution in [0, 0.1) is 23.0 Å². The average molecular weight is 275 g/mol. The van der Waals surface area contributed by atoms with Crippen molar-refractivity contribution in [2.24, 2.45) is 0 Å². The van der Waals surface area contributed by atoms with Gasteiger partial charge in [-0.2, -0.15) is 5.26 Å². The van der Waals surface area contributed by atoms with Crippen LogP contribution in [0.4, 0.5) is 14.5 Å². The molecule has 0 saturated heterocycles. The molecule has 0 bridgehead atoms. The molecule has 1 amide bonds. The number of hydrogen-bond acceptors (Lipinski definition) is 2. The van der Waals surface area contributed by atoms with E-state index in [0.29, 0.717) is 0 Å². The van der Waals surface area contributed by atoms with E-state index in [0.717, 1.165) is 12.1 Å². The van der Waals surface area contributed by atoms with Gasteiger partial charge in [0, 0.05) is 5.69 Å². The monoisotopic (exact) mass is 274 g/mol. The summed E-state index contributed by atoms with van der Waals surface area (Å²) < 4.78 is 25.7. The van der Waals surface area contributed by atoms with Crippen LogP contribution >= 0.6 is 15.9 Å². The molecule has 0 aliphatic heterocycles. The number of anilines is 1. The van der Waals surface area contributed by atoms with Crippen molar-refractivity contribution in [1.29, 1.82) is 5.26 Å². The molecule has 6 heteroatoms. The summed E-state index contributed by atoms with van der Waals surface area (Å²) in [6.07, 6.45) is -0.362. The van der Waals surface area contributed by atoms with Crippen molar-refractivity contribution >= 4 is 27.5 Å². The van der Waals surface area contributed by atoms with Gasteiger partial charge in [0.25, 0.3) is 0 Å². The maximum Gasteiger partial charge on any atom is 0.238 e.